The Labute approximate surface area is 131 Å². The second-order valence-corrected chi connectivity index (χ2v) is 8.75. The first-order valence-corrected chi connectivity index (χ1v) is 8.91. The molecule has 0 amide bonds. The van der Waals surface area contributed by atoms with Crippen molar-refractivity contribution in [3.8, 4) is 0 Å². The second-order valence-electron chi connectivity index (χ2n) is 8.75. The summed E-state index contributed by atoms with van der Waals surface area (Å²) in [4.78, 5) is 12.7. The zero-order valence-corrected chi connectivity index (χ0v) is 13.4. The van der Waals surface area contributed by atoms with Crippen molar-refractivity contribution in [1.29, 1.82) is 0 Å². The molecule has 2 heteroatoms. The molecule has 0 aromatic rings. The lowest BCUT2D eigenvalue weighted by Gasteiger charge is -2.60. The number of aliphatic hydroxyl groups is 1. The van der Waals surface area contributed by atoms with Gasteiger partial charge in [-0.25, -0.2) is 0 Å². The minimum Gasteiger partial charge on any atom is -0.393 e. The molecule has 0 aromatic heterocycles. The van der Waals surface area contributed by atoms with Crippen LogP contribution in [-0.4, -0.2) is 17.0 Å². The Morgan fingerprint density at radius 2 is 1.90 bits per heavy atom. The van der Waals surface area contributed by atoms with Crippen molar-refractivity contribution in [3.05, 3.63) is 0 Å². The van der Waals surface area contributed by atoms with Crippen LogP contribution in [0.5, 0.6) is 0 Å². The van der Waals surface area contributed by atoms with Crippen molar-refractivity contribution < 1.29 is 12.6 Å². The molecule has 4 aliphatic carbocycles. The van der Waals surface area contributed by atoms with Gasteiger partial charge in [0.25, 0.3) is 0 Å². The summed E-state index contributed by atoms with van der Waals surface area (Å²) in [6.45, 7) is 4.47. The van der Waals surface area contributed by atoms with Crippen molar-refractivity contribution in [2.24, 2.45) is 34.5 Å². The summed E-state index contributed by atoms with van der Waals surface area (Å²) in [6, 6.07) is 0. The van der Waals surface area contributed by atoms with E-state index >= 15 is 0 Å². The number of hydrogen-bond donors (Lipinski definition) is 1. The number of carbonyl (C=O) groups excluding carboxylic acids is 1. The van der Waals surface area contributed by atoms with Gasteiger partial charge in [-0.2, -0.15) is 0 Å². The molecule has 4 aliphatic rings. The number of Topliss-reactive ketones (excluding diaryl/α,β-unsaturated/α-hetero) is 1. The fourth-order valence-corrected chi connectivity index (χ4v) is 6.62. The van der Waals surface area contributed by atoms with Gasteiger partial charge < -0.3 is 5.11 Å². The number of ketones is 1. The van der Waals surface area contributed by atoms with E-state index in [9.17, 15) is 9.90 Å². The second kappa shape index (κ2) is 4.57. The molecule has 2 nitrogen and oxygen atoms in total. The molecule has 21 heavy (non-hydrogen) atoms. The number of rotatable bonds is 0. The van der Waals surface area contributed by atoms with E-state index in [4.69, 9.17) is 2.74 Å². The molecular formula is C19H30O2. The van der Waals surface area contributed by atoms with Gasteiger partial charge in [0.1, 0.15) is 5.78 Å². The van der Waals surface area contributed by atoms with E-state index in [1.807, 2.05) is 6.92 Å². The molecule has 0 radical (unpaired) electrons. The van der Waals surface area contributed by atoms with Gasteiger partial charge in [-0.3, -0.25) is 4.79 Å². The molecule has 4 fully saturated rings. The highest BCUT2D eigenvalue weighted by atomic mass is 16.3. The molecular weight excluding hydrogens is 260 g/mol. The Morgan fingerprint density at radius 1 is 1.10 bits per heavy atom. The zero-order valence-electron chi connectivity index (χ0n) is 15.4. The maximum absolute atomic E-state index is 12.7. The smallest absolute Gasteiger partial charge is 0.139 e. The fourth-order valence-electron chi connectivity index (χ4n) is 6.62. The predicted octanol–water partition coefficient (Wildman–Crippen LogP) is 3.96. The SMILES string of the molecule is [2H]C1([2H])C[C@H]2[C@@H]3CC[C@H]4C[C@@H](O)CC[C@]4(C)[C@H]3CC[C@]2(C)C1=O. The van der Waals surface area contributed by atoms with Crippen LogP contribution in [0.3, 0.4) is 0 Å². The molecule has 0 bridgehead atoms. The number of hydrogen-bond acceptors (Lipinski definition) is 2. The molecule has 0 saturated heterocycles. The maximum Gasteiger partial charge on any atom is 0.139 e. The minimum absolute atomic E-state index is 0.124. The van der Waals surface area contributed by atoms with Crippen LogP contribution in [0.2, 0.25) is 0 Å². The van der Waals surface area contributed by atoms with Gasteiger partial charge in [0.15, 0.2) is 0 Å². The third-order valence-corrected chi connectivity index (χ3v) is 8.03. The largest absolute Gasteiger partial charge is 0.393 e. The summed E-state index contributed by atoms with van der Waals surface area (Å²) < 4.78 is 16.3. The van der Waals surface area contributed by atoms with Crippen LogP contribution >= 0.6 is 0 Å². The first-order valence-electron chi connectivity index (χ1n) is 9.91. The Hall–Kier alpha value is -0.370. The van der Waals surface area contributed by atoms with E-state index < -0.39 is 11.8 Å². The van der Waals surface area contributed by atoms with Crippen molar-refractivity contribution >= 4 is 5.78 Å². The summed E-state index contributed by atoms with van der Waals surface area (Å²) in [5.74, 6) is 1.85. The van der Waals surface area contributed by atoms with Crippen LogP contribution in [0, 0.1) is 34.5 Å². The van der Waals surface area contributed by atoms with E-state index in [0.29, 0.717) is 29.6 Å². The standard InChI is InChI=1S/C19H30O2/c1-18-9-7-13(20)11-12(18)3-4-14-15-5-6-17(21)19(15,2)10-8-16(14)18/h12-16,20H,3-11H2,1-2H3/t12-,13-,14-,15-,16-,18-,19-/m0/s1/i6D2. The van der Waals surface area contributed by atoms with Gasteiger partial charge in [-0.1, -0.05) is 13.8 Å². The van der Waals surface area contributed by atoms with Crippen molar-refractivity contribution in [1.82, 2.24) is 0 Å². The lowest BCUT2D eigenvalue weighted by Crippen LogP contribution is -2.54. The monoisotopic (exact) mass is 292 g/mol. The van der Waals surface area contributed by atoms with Crippen LogP contribution in [0.25, 0.3) is 0 Å². The van der Waals surface area contributed by atoms with Gasteiger partial charge in [0, 0.05) is 14.5 Å². The highest BCUT2D eigenvalue weighted by molar-refractivity contribution is 5.87. The van der Waals surface area contributed by atoms with Crippen molar-refractivity contribution in [2.75, 3.05) is 0 Å². The normalized spacial score (nSPS) is 60.3. The molecule has 0 aliphatic heterocycles. The van der Waals surface area contributed by atoms with Gasteiger partial charge >= 0.3 is 0 Å². The number of carbonyl (C=O) groups is 1. The Morgan fingerprint density at radius 3 is 2.71 bits per heavy atom. The highest BCUT2D eigenvalue weighted by Gasteiger charge is 2.60. The molecule has 1 N–H and O–H groups in total. The van der Waals surface area contributed by atoms with Crippen molar-refractivity contribution in [3.63, 3.8) is 0 Å². The zero-order chi connectivity index (χ0) is 16.6. The fraction of sp³-hybridized carbons (Fsp3) is 0.947. The first-order chi connectivity index (χ1) is 10.7. The van der Waals surface area contributed by atoms with E-state index in [0.717, 1.165) is 44.9 Å². The third-order valence-electron chi connectivity index (χ3n) is 8.03. The lowest BCUT2D eigenvalue weighted by atomic mass is 9.45. The molecule has 7 atom stereocenters. The minimum atomic E-state index is -1.62. The summed E-state index contributed by atoms with van der Waals surface area (Å²) in [5, 5.41) is 10.1. The molecule has 0 spiro atoms. The first kappa shape index (κ1) is 12.1. The quantitative estimate of drug-likeness (QED) is 0.734. The van der Waals surface area contributed by atoms with Gasteiger partial charge in [0.2, 0.25) is 0 Å². The van der Waals surface area contributed by atoms with E-state index in [1.165, 1.54) is 0 Å². The molecule has 0 heterocycles. The third kappa shape index (κ3) is 1.84. The van der Waals surface area contributed by atoms with Gasteiger partial charge in [-0.05, 0) is 80.5 Å². The molecule has 4 saturated carbocycles. The summed E-state index contributed by atoms with van der Waals surface area (Å²) >= 11 is 0. The number of aliphatic hydroxyl groups excluding tert-OH is 1. The molecule has 4 rings (SSSR count). The topological polar surface area (TPSA) is 37.3 Å². The van der Waals surface area contributed by atoms with E-state index in [2.05, 4.69) is 6.92 Å². The van der Waals surface area contributed by atoms with Crippen LogP contribution in [0.1, 0.15) is 74.3 Å². The van der Waals surface area contributed by atoms with E-state index in [1.54, 1.807) is 0 Å². The Bertz CT molecular complexity index is 533. The Kier molecular flexibility index (Phi) is 2.63. The number of fused-ring (bicyclic) bond motifs is 5. The summed E-state index contributed by atoms with van der Waals surface area (Å²) in [5.41, 5.74) is -0.135. The van der Waals surface area contributed by atoms with Crippen LogP contribution in [-0.2, 0) is 4.79 Å². The Balaban J connectivity index is 1.66. The van der Waals surface area contributed by atoms with Crippen LogP contribution < -0.4 is 0 Å². The summed E-state index contributed by atoms with van der Waals surface area (Å²) in [6.07, 6.45) is 5.87. The van der Waals surface area contributed by atoms with Crippen molar-refractivity contribution in [2.45, 2.75) is 77.7 Å². The van der Waals surface area contributed by atoms with Crippen LogP contribution in [0.4, 0.5) is 0 Å². The van der Waals surface area contributed by atoms with Crippen LogP contribution in [0.15, 0.2) is 0 Å². The average molecular weight is 292 g/mol. The maximum atomic E-state index is 12.7. The lowest BCUT2D eigenvalue weighted by molar-refractivity contribution is -0.142. The average Bonchev–Trinajstić information content (AvgIpc) is 2.68. The predicted molar refractivity (Wildman–Crippen MR) is 82.7 cm³/mol. The van der Waals surface area contributed by atoms with E-state index in [-0.39, 0.29) is 17.8 Å². The van der Waals surface area contributed by atoms with Gasteiger partial charge in [-0.15, -0.1) is 0 Å². The molecule has 0 aromatic carbocycles. The summed E-state index contributed by atoms with van der Waals surface area (Å²) in [7, 11) is 0. The van der Waals surface area contributed by atoms with Gasteiger partial charge in [0.05, 0.1) is 6.10 Å². The molecule has 0 unspecified atom stereocenters. The highest BCUT2D eigenvalue weighted by Crippen LogP contribution is 2.65. The molecule has 118 valence electrons.